The van der Waals surface area contributed by atoms with Crippen LogP contribution < -0.4 is 37.8 Å². The highest BCUT2D eigenvalue weighted by Gasteiger charge is 2.39. The first kappa shape index (κ1) is 42.3. The number of nitrogens with two attached hydrogens (primary N) is 2. The van der Waals surface area contributed by atoms with Crippen molar-refractivity contribution in [3.05, 3.63) is 0 Å². The summed E-state index contributed by atoms with van der Waals surface area (Å²) in [7, 11) is 0. The number of hydrazone groups is 1. The second kappa shape index (κ2) is 22.8. The molecule has 0 saturated carbocycles. The van der Waals surface area contributed by atoms with Gasteiger partial charge in [0.05, 0.1) is 19.8 Å². The molecule has 0 radical (unpaired) electrons. The van der Waals surface area contributed by atoms with Gasteiger partial charge in [0, 0.05) is 38.0 Å². The van der Waals surface area contributed by atoms with Crippen molar-refractivity contribution >= 4 is 53.4 Å². The molecular weight excluding hydrogens is 628 g/mol. The molecule has 1 atom stereocenters. The highest BCUT2D eigenvalue weighted by Crippen LogP contribution is 2.44. The number of nitrogens with one attached hydrogen (secondary N) is 5. The molecule has 19 heteroatoms. The number of amidine groups is 1. The molecule has 0 aliphatic heterocycles. The van der Waals surface area contributed by atoms with E-state index in [1.165, 1.54) is 11.9 Å². The van der Waals surface area contributed by atoms with Crippen LogP contribution in [0.3, 0.4) is 0 Å². The summed E-state index contributed by atoms with van der Waals surface area (Å²) >= 11 is 1.24. The Morgan fingerprint density at radius 2 is 1.48 bits per heavy atom. The van der Waals surface area contributed by atoms with Crippen molar-refractivity contribution in [2.24, 2.45) is 27.6 Å². The monoisotopic (exact) mass is 678 g/mol. The molecule has 0 unspecified atom stereocenters. The number of aliphatic carboxylic acids is 2. The minimum absolute atomic E-state index is 0.0439. The Morgan fingerprint density at radius 1 is 0.848 bits per heavy atom. The predicted octanol–water partition coefficient (Wildman–Crippen LogP) is -1.20. The third-order valence-corrected chi connectivity index (χ3v) is 7.97. The van der Waals surface area contributed by atoms with Crippen LogP contribution in [0, 0.1) is 10.8 Å². The Morgan fingerprint density at radius 3 is 2.09 bits per heavy atom. The van der Waals surface area contributed by atoms with E-state index in [2.05, 4.69) is 31.2 Å². The highest BCUT2D eigenvalue weighted by atomic mass is 32.2. The molecule has 18 nitrogen and oxygen atoms in total. The summed E-state index contributed by atoms with van der Waals surface area (Å²) in [6.07, 6.45) is 1.07. The molecule has 0 aromatic rings. The van der Waals surface area contributed by atoms with Crippen molar-refractivity contribution in [2.75, 3.05) is 45.3 Å². The number of amides is 4. The van der Waals surface area contributed by atoms with Crippen LogP contribution in [-0.4, -0.2) is 103 Å². The first-order valence-electron chi connectivity index (χ1n) is 14.6. The van der Waals surface area contributed by atoms with E-state index in [0.717, 1.165) is 0 Å². The quantitative estimate of drug-likeness (QED) is 0.0137. The Balaban J connectivity index is 3.98. The minimum atomic E-state index is -1.35. The number of carboxylic acids is 2. The van der Waals surface area contributed by atoms with Gasteiger partial charge in [0.25, 0.3) is 0 Å². The smallest absolute Gasteiger partial charge is 0.326 e. The van der Waals surface area contributed by atoms with Gasteiger partial charge < -0.3 is 51.6 Å². The van der Waals surface area contributed by atoms with Crippen molar-refractivity contribution in [2.45, 2.75) is 72.3 Å². The molecule has 46 heavy (non-hydrogen) atoms. The molecule has 0 spiro atoms. The van der Waals surface area contributed by atoms with Crippen LogP contribution in [0.15, 0.2) is 5.10 Å². The van der Waals surface area contributed by atoms with Crippen LogP contribution in [0.5, 0.6) is 0 Å². The highest BCUT2D eigenvalue weighted by molar-refractivity contribution is 7.97. The zero-order valence-electron chi connectivity index (χ0n) is 26.9. The van der Waals surface area contributed by atoms with E-state index in [4.69, 9.17) is 26.3 Å². The molecule has 0 aromatic heterocycles. The third-order valence-electron chi connectivity index (χ3n) is 7.11. The summed E-state index contributed by atoms with van der Waals surface area (Å²) in [5, 5.41) is 28.4. The molecule has 0 aliphatic rings. The molecule has 0 fully saturated rings. The van der Waals surface area contributed by atoms with Gasteiger partial charge in [-0.3, -0.25) is 24.0 Å². The van der Waals surface area contributed by atoms with Gasteiger partial charge in [0.1, 0.15) is 25.0 Å². The normalized spacial score (nSPS) is 12.5. The standard InChI is InChI=1S/C27H50N8O10S/c1-26(2,14-19(33-28)34-29)27(3,4)15-22(38)35-46-13-5-6-20(36)30-9-10-44-11-12-45-17-23(39)32-18(25(42)43)7-8-21(37)31-16-24(40)41/h18H,5-17,28-29H2,1-4H3,(H,30,36)(H,31,37)(H,32,39)(H,33,34)(H,35,38)(H,40,41)(H,42,43)/t18-/m0/s1. The average Bonchev–Trinajstić information content (AvgIpc) is 2.97. The maximum atomic E-state index is 12.5. The summed E-state index contributed by atoms with van der Waals surface area (Å²) in [6.45, 7) is 7.64. The second-order valence-corrected chi connectivity index (χ2v) is 12.4. The van der Waals surface area contributed by atoms with Crippen molar-refractivity contribution in [3.8, 4) is 0 Å². The summed E-state index contributed by atoms with van der Waals surface area (Å²) < 4.78 is 13.3. The fourth-order valence-electron chi connectivity index (χ4n) is 3.67. The van der Waals surface area contributed by atoms with Gasteiger partial charge in [0.15, 0.2) is 0 Å². The average molecular weight is 679 g/mol. The number of ether oxygens (including phenoxy) is 2. The molecule has 0 heterocycles. The Labute approximate surface area is 273 Å². The van der Waals surface area contributed by atoms with Gasteiger partial charge in [-0.15, -0.1) is 0 Å². The second-order valence-electron chi connectivity index (χ2n) is 11.5. The minimum Gasteiger partial charge on any atom is -0.480 e. The molecular formula is C27H50N8O10S. The lowest BCUT2D eigenvalue weighted by atomic mass is 9.64. The SMILES string of the molecule is CC(C)(CC(=O)NSCCCC(=O)NCCOCCOCC(=O)N[C@@H](CCC(=O)NCC(=O)O)C(=O)O)C(C)(C)C/C(=N/N)NN. The number of rotatable bonds is 25. The fourth-order valence-corrected chi connectivity index (χ4v) is 4.30. The van der Waals surface area contributed by atoms with Gasteiger partial charge in [-0.1, -0.05) is 39.6 Å². The zero-order valence-corrected chi connectivity index (χ0v) is 27.8. The van der Waals surface area contributed by atoms with Crippen LogP contribution in [0.25, 0.3) is 0 Å². The first-order valence-corrected chi connectivity index (χ1v) is 15.6. The van der Waals surface area contributed by atoms with Gasteiger partial charge in [0.2, 0.25) is 23.6 Å². The van der Waals surface area contributed by atoms with E-state index < -0.39 is 42.9 Å². The Bertz CT molecular complexity index is 1040. The van der Waals surface area contributed by atoms with E-state index in [1.54, 1.807) is 0 Å². The van der Waals surface area contributed by atoms with E-state index in [0.29, 0.717) is 24.4 Å². The van der Waals surface area contributed by atoms with Crippen molar-refractivity contribution < 1.29 is 48.5 Å². The Kier molecular flexibility index (Phi) is 20.9. The lowest BCUT2D eigenvalue weighted by Gasteiger charge is -2.41. The lowest BCUT2D eigenvalue weighted by molar-refractivity contribution is -0.143. The summed E-state index contributed by atoms with van der Waals surface area (Å²) in [6, 6.07) is -1.34. The van der Waals surface area contributed by atoms with Crippen LogP contribution in [0.1, 0.15) is 66.2 Å². The summed E-state index contributed by atoms with van der Waals surface area (Å²) in [5.41, 5.74) is 1.76. The van der Waals surface area contributed by atoms with Crippen LogP contribution >= 0.6 is 11.9 Å². The van der Waals surface area contributed by atoms with E-state index in [9.17, 15) is 33.9 Å². The van der Waals surface area contributed by atoms with Gasteiger partial charge >= 0.3 is 11.9 Å². The number of nitrogens with zero attached hydrogens (tertiary/aromatic N) is 1. The van der Waals surface area contributed by atoms with Crippen molar-refractivity contribution in [1.29, 1.82) is 0 Å². The Hall–Kier alpha value is -3.68. The summed E-state index contributed by atoms with van der Waals surface area (Å²) in [5.74, 6) is 7.55. The molecule has 264 valence electrons. The maximum absolute atomic E-state index is 12.5. The molecule has 0 bridgehead atoms. The van der Waals surface area contributed by atoms with E-state index in [-0.39, 0.29) is 74.7 Å². The molecule has 11 N–H and O–H groups in total. The third kappa shape index (κ3) is 19.7. The van der Waals surface area contributed by atoms with Crippen LogP contribution in [0.4, 0.5) is 0 Å². The number of carbonyl (C=O) groups is 6. The molecule has 4 amide bonds. The van der Waals surface area contributed by atoms with Gasteiger partial charge in [-0.25, -0.2) is 10.6 Å². The fraction of sp³-hybridized carbons (Fsp3) is 0.741. The van der Waals surface area contributed by atoms with Crippen molar-refractivity contribution in [3.63, 3.8) is 0 Å². The largest absolute Gasteiger partial charge is 0.480 e. The topological polar surface area (TPSA) is 286 Å². The first-order chi connectivity index (χ1) is 21.5. The van der Waals surface area contributed by atoms with Crippen LogP contribution in [-0.2, 0) is 38.2 Å². The number of carboxylic acid groups (broad SMARTS) is 2. The van der Waals surface area contributed by atoms with Crippen LogP contribution in [0.2, 0.25) is 0 Å². The number of hydrazine groups is 1. The number of hydrogen-bond acceptors (Lipinski definition) is 12. The van der Waals surface area contributed by atoms with E-state index >= 15 is 0 Å². The lowest BCUT2D eigenvalue weighted by Crippen LogP contribution is -2.43. The van der Waals surface area contributed by atoms with Gasteiger partial charge in [-0.2, -0.15) is 5.10 Å². The van der Waals surface area contributed by atoms with Crippen molar-refractivity contribution in [1.82, 2.24) is 26.1 Å². The molecule has 0 aliphatic carbocycles. The number of hydrogen-bond donors (Lipinski definition) is 9. The summed E-state index contributed by atoms with van der Waals surface area (Å²) in [4.78, 5) is 69.7. The van der Waals surface area contributed by atoms with E-state index in [1.807, 2.05) is 27.7 Å². The molecule has 0 aromatic carbocycles. The number of carbonyl (C=O) groups excluding carboxylic acids is 4. The van der Waals surface area contributed by atoms with Gasteiger partial charge in [-0.05, 0) is 23.7 Å². The predicted molar refractivity (Wildman–Crippen MR) is 170 cm³/mol. The molecule has 0 rings (SSSR count). The zero-order chi connectivity index (χ0) is 35.2. The molecule has 0 saturated heterocycles. The maximum Gasteiger partial charge on any atom is 0.326 e.